The number of nitrogens with one attached hydrogen (secondary N) is 1. The van der Waals surface area contributed by atoms with Crippen molar-refractivity contribution in [3.63, 3.8) is 0 Å². The number of halogens is 3. The molecule has 3 aromatic carbocycles. The third-order valence-corrected chi connectivity index (χ3v) is 8.68. The third-order valence-electron chi connectivity index (χ3n) is 5.69. The summed E-state index contributed by atoms with van der Waals surface area (Å²) in [7, 11) is -4.14. The zero-order valence-electron chi connectivity index (χ0n) is 21.1. The minimum absolute atomic E-state index is 0.0269. The van der Waals surface area contributed by atoms with Gasteiger partial charge >= 0.3 is 0 Å². The molecule has 1 N–H and O–H groups in total. The lowest BCUT2D eigenvalue weighted by Crippen LogP contribution is -2.52. The van der Waals surface area contributed by atoms with Crippen LogP contribution in [0.2, 0.25) is 10.0 Å². The summed E-state index contributed by atoms with van der Waals surface area (Å²) in [5.41, 5.74) is 0.736. The van der Waals surface area contributed by atoms with E-state index in [9.17, 15) is 18.0 Å². The first-order valence-corrected chi connectivity index (χ1v) is 14.8. The number of carbonyl (C=O) groups excluding carboxylic acids is 2. The van der Waals surface area contributed by atoms with Crippen LogP contribution in [0.5, 0.6) is 0 Å². The second-order valence-electron chi connectivity index (χ2n) is 8.87. The van der Waals surface area contributed by atoms with Gasteiger partial charge in [-0.3, -0.25) is 13.9 Å². The van der Waals surface area contributed by atoms with Gasteiger partial charge < -0.3 is 10.2 Å². The smallest absolute Gasteiger partial charge is 0.264 e. The number of hydrogen-bond donors (Lipinski definition) is 1. The molecule has 0 aliphatic heterocycles. The van der Waals surface area contributed by atoms with Crippen LogP contribution in [0.4, 0.5) is 5.69 Å². The number of nitrogens with zero attached hydrogens (tertiary/aromatic N) is 2. The van der Waals surface area contributed by atoms with E-state index in [2.05, 4.69) is 21.2 Å². The molecule has 1 atom stereocenters. The monoisotopic (exact) mass is 639 g/mol. The number of rotatable bonds is 10. The summed E-state index contributed by atoms with van der Waals surface area (Å²) in [5, 5.41) is 3.46. The Bertz CT molecular complexity index is 1380. The summed E-state index contributed by atoms with van der Waals surface area (Å²) in [6.07, 6.45) is 0. The molecule has 0 heterocycles. The fourth-order valence-corrected chi connectivity index (χ4v) is 6.05. The van der Waals surface area contributed by atoms with Gasteiger partial charge in [0.05, 0.1) is 10.6 Å². The van der Waals surface area contributed by atoms with Gasteiger partial charge in [0.25, 0.3) is 10.0 Å². The maximum atomic E-state index is 13.9. The summed E-state index contributed by atoms with van der Waals surface area (Å²) >= 11 is 16.1. The molecule has 0 fully saturated rings. The van der Waals surface area contributed by atoms with Crippen LogP contribution in [0.1, 0.15) is 26.3 Å². The van der Waals surface area contributed by atoms with Crippen LogP contribution in [0.25, 0.3) is 0 Å². The van der Waals surface area contributed by atoms with Crippen LogP contribution < -0.4 is 9.62 Å². The molecule has 0 aromatic heterocycles. The Morgan fingerprint density at radius 1 is 0.921 bits per heavy atom. The van der Waals surface area contributed by atoms with Crippen molar-refractivity contribution in [1.82, 2.24) is 10.2 Å². The van der Waals surface area contributed by atoms with E-state index in [1.807, 2.05) is 13.8 Å². The van der Waals surface area contributed by atoms with E-state index < -0.39 is 34.4 Å². The molecule has 0 saturated heterocycles. The zero-order chi connectivity index (χ0) is 28.0. The topological polar surface area (TPSA) is 86.8 Å². The van der Waals surface area contributed by atoms with Crippen molar-refractivity contribution in [1.29, 1.82) is 0 Å². The summed E-state index contributed by atoms with van der Waals surface area (Å²) in [6, 6.07) is 18.3. The van der Waals surface area contributed by atoms with Crippen LogP contribution in [0.15, 0.2) is 82.2 Å². The van der Waals surface area contributed by atoms with Gasteiger partial charge in [0.2, 0.25) is 11.8 Å². The van der Waals surface area contributed by atoms with Crippen molar-refractivity contribution in [3.05, 3.63) is 92.9 Å². The van der Waals surface area contributed by atoms with E-state index in [1.165, 1.54) is 17.0 Å². The first-order chi connectivity index (χ1) is 17.9. The number of carbonyl (C=O) groups is 2. The maximum absolute atomic E-state index is 13.9. The van der Waals surface area contributed by atoms with E-state index >= 15 is 0 Å². The van der Waals surface area contributed by atoms with Crippen molar-refractivity contribution >= 4 is 66.7 Å². The predicted octanol–water partition coefficient (Wildman–Crippen LogP) is 5.89. The molecule has 7 nitrogen and oxygen atoms in total. The van der Waals surface area contributed by atoms with Gasteiger partial charge in [0.15, 0.2) is 0 Å². The van der Waals surface area contributed by atoms with Crippen LogP contribution >= 0.6 is 39.1 Å². The van der Waals surface area contributed by atoms with E-state index in [-0.39, 0.29) is 23.2 Å². The molecule has 0 radical (unpaired) electrons. The Morgan fingerprint density at radius 3 is 2.11 bits per heavy atom. The van der Waals surface area contributed by atoms with Crippen LogP contribution in [-0.4, -0.2) is 43.8 Å². The van der Waals surface area contributed by atoms with Crippen molar-refractivity contribution in [3.8, 4) is 0 Å². The fraction of sp³-hybridized carbons (Fsp3) is 0.259. The van der Waals surface area contributed by atoms with Crippen LogP contribution in [0, 0.1) is 0 Å². The van der Waals surface area contributed by atoms with Gasteiger partial charge in [0.1, 0.15) is 12.6 Å². The van der Waals surface area contributed by atoms with Crippen molar-refractivity contribution in [2.24, 2.45) is 0 Å². The Kier molecular flexibility index (Phi) is 10.2. The maximum Gasteiger partial charge on any atom is 0.264 e. The second-order valence-corrected chi connectivity index (χ2v) is 12.5. The first kappa shape index (κ1) is 30.0. The van der Waals surface area contributed by atoms with Gasteiger partial charge in [0, 0.05) is 32.7 Å². The Labute approximate surface area is 241 Å². The average molecular weight is 641 g/mol. The van der Waals surface area contributed by atoms with Crippen LogP contribution in [0.3, 0.4) is 0 Å². The number of benzene rings is 3. The second kappa shape index (κ2) is 13.0. The lowest BCUT2D eigenvalue weighted by molar-refractivity contribution is -0.139. The van der Waals surface area contributed by atoms with Gasteiger partial charge in [-0.2, -0.15) is 0 Å². The molecule has 1 unspecified atom stereocenters. The quantitative estimate of drug-likeness (QED) is 0.299. The SMILES string of the molecule is CC(C)NC(=O)C(C)N(Cc1c(Cl)cccc1Cl)C(=O)CN(c1cccc(Br)c1)S(=O)(=O)c1ccccc1. The molecule has 11 heteroatoms. The average Bonchev–Trinajstić information content (AvgIpc) is 2.86. The van der Waals surface area contributed by atoms with Crippen molar-refractivity contribution < 1.29 is 18.0 Å². The van der Waals surface area contributed by atoms with Crippen molar-refractivity contribution in [2.75, 3.05) is 10.8 Å². The molecule has 38 heavy (non-hydrogen) atoms. The molecule has 0 aliphatic carbocycles. The molecule has 0 saturated carbocycles. The molecule has 0 bridgehead atoms. The lowest BCUT2D eigenvalue weighted by Gasteiger charge is -2.32. The van der Waals surface area contributed by atoms with Gasteiger partial charge in [-0.1, -0.05) is 69.5 Å². The minimum Gasteiger partial charge on any atom is -0.352 e. The normalized spacial score (nSPS) is 12.2. The fourth-order valence-electron chi connectivity index (χ4n) is 3.72. The molecular weight excluding hydrogens is 613 g/mol. The molecule has 3 aromatic rings. The summed E-state index contributed by atoms with van der Waals surface area (Å²) in [5.74, 6) is -0.997. The zero-order valence-corrected chi connectivity index (χ0v) is 25.0. The number of hydrogen-bond acceptors (Lipinski definition) is 4. The number of sulfonamides is 1. The molecule has 0 aliphatic rings. The van der Waals surface area contributed by atoms with E-state index in [4.69, 9.17) is 23.2 Å². The summed E-state index contributed by atoms with van der Waals surface area (Å²) in [6.45, 7) is 4.54. The largest absolute Gasteiger partial charge is 0.352 e. The molecule has 2 amide bonds. The summed E-state index contributed by atoms with van der Waals surface area (Å²) in [4.78, 5) is 28.2. The van der Waals surface area contributed by atoms with Gasteiger partial charge in [-0.15, -0.1) is 0 Å². The van der Waals surface area contributed by atoms with Gasteiger partial charge in [-0.25, -0.2) is 8.42 Å². The van der Waals surface area contributed by atoms with Gasteiger partial charge in [-0.05, 0) is 63.2 Å². The Morgan fingerprint density at radius 2 is 1.53 bits per heavy atom. The number of anilines is 1. The molecule has 3 rings (SSSR count). The predicted molar refractivity (Wildman–Crippen MR) is 155 cm³/mol. The van der Waals surface area contributed by atoms with Crippen molar-refractivity contribution in [2.45, 2.75) is 44.3 Å². The minimum atomic E-state index is -4.14. The van der Waals surface area contributed by atoms with E-state index in [0.29, 0.717) is 20.1 Å². The lowest BCUT2D eigenvalue weighted by atomic mass is 10.1. The third kappa shape index (κ3) is 7.28. The molecule has 0 spiro atoms. The highest BCUT2D eigenvalue weighted by molar-refractivity contribution is 9.10. The van der Waals surface area contributed by atoms with Crippen LogP contribution in [-0.2, 0) is 26.2 Å². The molecule has 202 valence electrons. The van der Waals surface area contributed by atoms with E-state index in [1.54, 1.807) is 67.6 Å². The first-order valence-electron chi connectivity index (χ1n) is 11.8. The molecular formula is C27H28BrCl2N3O4S. The Balaban J connectivity index is 2.06. The standard InChI is InChI=1S/C27H28BrCl2N3O4S/c1-18(2)31-27(35)19(3)32(16-23-24(29)13-8-14-25(23)30)26(34)17-33(21-10-7-9-20(28)15-21)38(36,37)22-11-5-4-6-12-22/h4-15,18-19H,16-17H2,1-3H3,(H,31,35). The highest BCUT2D eigenvalue weighted by Gasteiger charge is 2.33. The highest BCUT2D eigenvalue weighted by Crippen LogP contribution is 2.29. The van der Waals surface area contributed by atoms with E-state index in [0.717, 1.165) is 4.31 Å². The summed E-state index contributed by atoms with van der Waals surface area (Å²) < 4.78 is 29.1. The Hall–Kier alpha value is -2.59. The highest BCUT2D eigenvalue weighted by atomic mass is 79.9. The number of amides is 2.